The molecule has 0 radical (unpaired) electrons. The summed E-state index contributed by atoms with van der Waals surface area (Å²) in [6, 6.07) is 4.06. The van der Waals surface area contributed by atoms with Crippen LogP contribution >= 0.6 is 0 Å². The third-order valence-electron chi connectivity index (χ3n) is 3.69. The molecule has 0 aromatic heterocycles. The van der Waals surface area contributed by atoms with Crippen molar-refractivity contribution in [3.63, 3.8) is 0 Å². The minimum Gasteiger partial charge on any atom is -0.261 e. The molecule has 0 aliphatic carbocycles. The molecule has 1 aromatic rings. The predicted octanol–water partition coefficient (Wildman–Crippen LogP) is 5.56. The Morgan fingerprint density at radius 3 is 1.48 bits per heavy atom. The van der Waals surface area contributed by atoms with Gasteiger partial charge in [-0.2, -0.15) is 8.42 Å². The molecule has 0 bridgehead atoms. The van der Waals surface area contributed by atoms with E-state index in [0.717, 1.165) is 11.1 Å². The minimum absolute atomic E-state index is 0.111. The van der Waals surface area contributed by atoms with Crippen LogP contribution in [0.2, 0.25) is 0 Å². The van der Waals surface area contributed by atoms with Gasteiger partial charge in [-0.25, -0.2) is 0 Å². The second kappa shape index (κ2) is 6.94. The maximum Gasteiger partial charge on any atom is 0.298 e. The van der Waals surface area contributed by atoms with E-state index in [1.807, 2.05) is 39.8 Å². The summed E-state index contributed by atoms with van der Waals surface area (Å²) in [5, 5.41) is 0. The zero-order chi connectivity index (χ0) is 18.2. The van der Waals surface area contributed by atoms with E-state index in [-0.39, 0.29) is 11.8 Å². The SMILES string of the molecule is CC(C)c1cc(C(C)C)c(S(=O)(=O)OC(C)(C)C)c(C(C)C)c1. The zero-order valence-electron chi connectivity index (χ0n) is 16.0. The molecule has 3 nitrogen and oxygen atoms in total. The Hall–Kier alpha value is -0.870. The Morgan fingerprint density at radius 1 is 0.826 bits per heavy atom. The van der Waals surface area contributed by atoms with Crippen molar-refractivity contribution in [2.45, 2.75) is 90.6 Å². The molecule has 0 unspecified atom stereocenters. The topological polar surface area (TPSA) is 43.4 Å². The molecule has 1 rings (SSSR count). The van der Waals surface area contributed by atoms with E-state index in [0.29, 0.717) is 10.8 Å². The second-order valence-corrected chi connectivity index (χ2v) is 9.63. The quantitative estimate of drug-likeness (QED) is 0.659. The van der Waals surface area contributed by atoms with E-state index >= 15 is 0 Å². The molecule has 0 amide bonds. The standard InChI is InChI=1S/C19H32O3S/c1-12(2)15-10-16(13(3)4)18(17(11-15)14(5)6)23(20,21)22-19(7,8)9/h10-14H,1-9H3. The van der Waals surface area contributed by atoms with Gasteiger partial charge in [0.15, 0.2) is 0 Å². The molecule has 0 atom stereocenters. The summed E-state index contributed by atoms with van der Waals surface area (Å²) in [7, 11) is -3.81. The van der Waals surface area contributed by atoms with Gasteiger partial charge < -0.3 is 0 Å². The summed E-state index contributed by atoms with van der Waals surface area (Å²) in [4.78, 5) is 0.363. The van der Waals surface area contributed by atoms with Crippen LogP contribution in [0.15, 0.2) is 17.0 Å². The monoisotopic (exact) mass is 340 g/mol. The van der Waals surface area contributed by atoms with Crippen LogP contribution in [0.25, 0.3) is 0 Å². The maximum absolute atomic E-state index is 13.0. The van der Waals surface area contributed by atoms with Crippen LogP contribution in [-0.4, -0.2) is 14.0 Å². The number of hydrogen-bond donors (Lipinski definition) is 0. The third kappa shape index (κ3) is 5.05. The highest BCUT2D eigenvalue weighted by Crippen LogP contribution is 2.36. The fourth-order valence-electron chi connectivity index (χ4n) is 2.55. The molecular weight excluding hydrogens is 308 g/mol. The van der Waals surface area contributed by atoms with Crippen molar-refractivity contribution in [2.24, 2.45) is 0 Å². The van der Waals surface area contributed by atoms with Gasteiger partial charge in [0.1, 0.15) is 4.90 Å². The highest BCUT2D eigenvalue weighted by molar-refractivity contribution is 7.87. The number of rotatable bonds is 5. The Bertz CT molecular complexity index is 619. The second-order valence-electron chi connectivity index (χ2n) is 8.14. The molecule has 23 heavy (non-hydrogen) atoms. The molecule has 132 valence electrons. The van der Waals surface area contributed by atoms with E-state index in [1.54, 1.807) is 20.8 Å². The summed E-state index contributed by atoms with van der Waals surface area (Å²) < 4.78 is 31.4. The van der Waals surface area contributed by atoms with E-state index in [4.69, 9.17) is 4.18 Å². The molecular formula is C19H32O3S. The van der Waals surface area contributed by atoms with Gasteiger partial charge in [-0.1, -0.05) is 53.7 Å². The van der Waals surface area contributed by atoms with Gasteiger partial charge in [0.25, 0.3) is 10.1 Å². The Morgan fingerprint density at radius 2 is 1.22 bits per heavy atom. The lowest BCUT2D eigenvalue weighted by Gasteiger charge is -2.25. The average Bonchev–Trinajstić information content (AvgIpc) is 2.33. The lowest BCUT2D eigenvalue weighted by molar-refractivity contribution is 0.139. The van der Waals surface area contributed by atoms with Crippen LogP contribution < -0.4 is 0 Å². The highest BCUT2D eigenvalue weighted by Gasteiger charge is 2.31. The molecule has 0 fully saturated rings. The van der Waals surface area contributed by atoms with Crippen LogP contribution in [0.4, 0.5) is 0 Å². The van der Waals surface area contributed by atoms with Crippen LogP contribution in [-0.2, 0) is 14.3 Å². The smallest absolute Gasteiger partial charge is 0.261 e. The Kier molecular flexibility index (Phi) is 6.09. The van der Waals surface area contributed by atoms with Crippen molar-refractivity contribution in [2.75, 3.05) is 0 Å². The van der Waals surface area contributed by atoms with Gasteiger partial charge in [-0.15, -0.1) is 0 Å². The van der Waals surface area contributed by atoms with Gasteiger partial charge in [-0.05, 0) is 55.2 Å². The number of benzene rings is 1. The first-order valence-electron chi connectivity index (χ1n) is 8.39. The fraction of sp³-hybridized carbons (Fsp3) is 0.684. The molecule has 0 aliphatic rings. The van der Waals surface area contributed by atoms with Gasteiger partial charge in [0.05, 0.1) is 5.60 Å². The Balaban J connectivity index is 3.75. The van der Waals surface area contributed by atoms with Gasteiger partial charge in [0.2, 0.25) is 0 Å². The van der Waals surface area contributed by atoms with Crippen molar-refractivity contribution in [3.8, 4) is 0 Å². The molecule has 1 aromatic carbocycles. The molecule has 4 heteroatoms. The molecule has 0 saturated carbocycles. The normalized spacial score (nSPS) is 13.4. The summed E-state index contributed by atoms with van der Waals surface area (Å²) in [6.45, 7) is 17.6. The summed E-state index contributed by atoms with van der Waals surface area (Å²) in [5.74, 6) is 0.573. The number of hydrogen-bond acceptors (Lipinski definition) is 3. The molecule has 0 spiro atoms. The summed E-state index contributed by atoms with van der Waals surface area (Å²) in [5.41, 5.74) is 2.12. The fourth-order valence-corrected chi connectivity index (χ4v) is 4.46. The van der Waals surface area contributed by atoms with Crippen molar-refractivity contribution >= 4 is 10.1 Å². The van der Waals surface area contributed by atoms with Crippen molar-refractivity contribution in [3.05, 3.63) is 28.8 Å². The lowest BCUT2D eigenvalue weighted by Crippen LogP contribution is -2.26. The minimum atomic E-state index is -3.81. The highest BCUT2D eigenvalue weighted by atomic mass is 32.2. The summed E-state index contributed by atoms with van der Waals surface area (Å²) in [6.07, 6.45) is 0. The first kappa shape index (κ1) is 20.2. The Labute approximate surface area is 142 Å². The molecule has 0 heterocycles. The van der Waals surface area contributed by atoms with Crippen molar-refractivity contribution in [1.82, 2.24) is 0 Å². The third-order valence-corrected chi connectivity index (χ3v) is 5.38. The van der Waals surface area contributed by atoms with Crippen LogP contribution in [0.5, 0.6) is 0 Å². The first-order chi connectivity index (χ1) is 10.3. The first-order valence-corrected chi connectivity index (χ1v) is 9.80. The van der Waals surface area contributed by atoms with E-state index in [9.17, 15) is 8.42 Å². The summed E-state index contributed by atoms with van der Waals surface area (Å²) >= 11 is 0. The maximum atomic E-state index is 13.0. The van der Waals surface area contributed by atoms with Gasteiger partial charge in [0, 0.05) is 0 Å². The van der Waals surface area contributed by atoms with E-state index in [1.165, 1.54) is 5.56 Å². The van der Waals surface area contributed by atoms with Crippen molar-refractivity contribution in [1.29, 1.82) is 0 Å². The van der Waals surface area contributed by atoms with Gasteiger partial charge in [-0.3, -0.25) is 4.18 Å². The predicted molar refractivity (Wildman–Crippen MR) is 96.7 cm³/mol. The van der Waals surface area contributed by atoms with Crippen LogP contribution in [0.1, 0.15) is 96.8 Å². The van der Waals surface area contributed by atoms with E-state index in [2.05, 4.69) is 13.8 Å². The average molecular weight is 341 g/mol. The van der Waals surface area contributed by atoms with Crippen LogP contribution in [0, 0.1) is 0 Å². The van der Waals surface area contributed by atoms with Crippen LogP contribution in [0.3, 0.4) is 0 Å². The van der Waals surface area contributed by atoms with Gasteiger partial charge >= 0.3 is 0 Å². The largest absolute Gasteiger partial charge is 0.298 e. The molecule has 0 saturated heterocycles. The lowest BCUT2D eigenvalue weighted by atomic mass is 9.89. The zero-order valence-corrected chi connectivity index (χ0v) is 16.8. The molecule has 0 aliphatic heterocycles. The molecule has 0 N–H and O–H groups in total. The van der Waals surface area contributed by atoms with E-state index < -0.39 is 15.7 Å². The van der Waals surface area contributed by atoms with Crippen molar-refractivity contribution < 1.29 is 12.6 Å².